The molecule has 0 saturated heterocycles. The van der Waals surface area contributed by atoms with E-state index in [4.69, 9.17) is 11.5 Å². The van der Waals surface area contributed by atoms with Gasteiger partial charge in [-0.15, -0.1) is 6.42 Å². The van der Waals surface area contributed by atoms with Crippen molar-refractivity contribution in [3.05, 3.63) is 23.4 Å². The third-order valence-corrected chi connectivity index (χ3v) is 1.54. The third kappa shape index (κ3) is 2.17. The minimum absolute atomic E-state index is 0.665. The van der Waals surface area contributed by atoms with Crippen LogP contribution in [-0.2, 0) is 0 Å². The lowest BCUT2D eigenvalue weighted by molar-refractivity contribution is 0.197. The fourth-order valence-corrected chi connectivity index (χ4v) is 1.04. The first-order valence-electron chi connectivity index (χ1n) is 3.59. The van der Waals surface area contributed by atoms with E-state index in [-0.39, 0.29) is 0 Å². The molecule has 0 bridgehead atoms. The first kappa shape index (κ1) is 8.41. The Bertz CT molecular complexity index is 294. The molecule has 1 rings (SSSR count). The third-order valence-electron chi connectivity index (χ3n) is 1.54. The van der Waals surface area contributed by atoms with E-state index in [1.165, 1.54) is 0 Å². The summed E-state index contributed by atoms with van der Waals surface area (Å²) in [7, 11) is 0. The Morgan fingerprint density at radius 1 is 1.75 bits per heavy atom. The van der Waals surface area contributed by atoms with Crippen LogP contribution in [0.5, 0.6) is 0 Å². The zero-order valence-electron chi connectivity index (χ0n) is 6.50. The Morgan fingerprint density at radius 2 is 2.50 bits per heavy atom. The fraction of sp³-hybridized carbons (Fsp3) is 0.222. The van der Waals surface area contributed by atoms with E-state index in [0.717, 1.165) is 12.0 Å². The number of rotatable bonds is 1. The maximum atomic E-state index is 10.2. The van der Waals surface area contributed by atoms with Gasteiger partial charge in [-0.1, -0.05) is 12.0 Å². The summed E-state index contributed by atoms with van der Waals surface area (Å²) in [5, 5.41) is 10.7. The van der Waals surface area contributed by atoms with E-state index in [1.54, 1.807) is 6.08 Å². The molecular formula is C9H9NO2. The van der Waals surface area contributed by atoms with Crippen molar-refractivity contribution in [3.63, 3.8) is 0 Å². The quantitative estimate of drug-likeness (QED) is 0.575. The molecule has 0 heterocycles. The van der Waals surface area contributed by atoms with Gasteiger partial charge in [-0.3, -0.25) is 5.32 Å². The molecule has 0 aliphatic heterocycles. The predicted molar refractivity (Wildman–Crippen MR) is 45.4 cm³/mol. The SMILES string of the molecule is C#CC1=CCCC(NC(=O)O)=C1. The predicted octanol–water partition coefficient (Wildman–Crippen LogP) is 1.49. The van der Waals surface area contributed by atoms with Gasteiger partial charge in [0.15, 0.2) is 0 Å². The second kappa shape index (κ2) is 3.63. The molecule has 0 saturated carbocycles. The van der Waals surface area contributed by atoms with Crippen LogP contribution in [0.1, 0.15) is 12.8 Å². The van der Waals surface area contributed by atoms with Gasteiger partial charge in [-0.25, -0.2) is 4.79 Å². The van der Waals surface area contributed by atoms with E-state index >= 15 is 0 Å². The summed E-state index contributed by atoms with van der Waals surface area (Å²) in [5.74, 6) is 2.46. The number of nitrogens with one attached hydrogen (secondary N) is 1. The molecule has 1 aliphatic rings. The Labute approximate surface area is 70.8 Å². The molecule has 1 amide bonds. The van der Waals surface area contributed by atoms with Crippen LogP contribution in [0.4, 0.5) is 4.79 Å². The molecule has 0 fully saturated rings. The molecule has 62 valence electrons. The van der Waals surface area contributed by atoms with Crippen LogP contribution in [0.2, 0.25) is 0 Å². The summed E-state index contributed by atoms with van der Waals surface area (Å²) in [6, 6.07) is 0. The van der Waals surface area contributed by atoms with Crippen LogP contribution < -0.4 is 5.32 Å². The molecule has 0 aromatic heterocycles. The second-order valence-corrected chi connectivity index (χ2v) is 2.44. The summed E-state index contributed by atoms with van der Waals surface area (Å²) in [5.41, 5.74) is 1.41. The van der Waals surface area contributed by atoms with Crippen molar-refractivity contribution >= 4 is 6.09 Å². The Kier molecular flexibility index (Phi) is 2.54. The van der Waals surface area contributed by atoms with Crippen LogP contribution >= 0.6 is 0 Å². The first-order chi connectivity index (χ1) is 5.72. The van der Waals surface area contributed by atoms with Gasteiger partial charge < -0.3 is 5.11 Å². The average molecular weight is 163 g/mol. The lowest BCUT2D eigenvalue weighted by Crippen LogP contribution is -2.20. The number of hydrogen-bond acceptors (Lipinski definition) is 1. The van der Waals surface area contributed by atoms with E-state index in [1.807, 2.05) is 6.08 Å². The van der Waals surface area contributed by atoms with Crippen molar-refractivity contribution in [2.45, 2.75) is 12.8 Å². The van der Waals surface area contributed by atoms with Crippen molar-refractivity contribution in [2.75, 3.05) is 0 Å². The van der Waals surface area contributed by atoms with Crippen molar-refractivity contribution in [2.24, 2.45) is 0 Å². The molecule has 0 unspecified atom stereocenters. The first-order valence-corrected chi connectivity index (χ1v) is 3.59. The van der Waals surface area contributed by atoms with Gasteiger partial charge in [0.2, 0.25) is 0 Å². The monoisotopic (exact) mass is 163 g/mol. The normalized spacial score (nSPS) is 15.6. The van der Waals surface area contributed by atoms with Gasteiger partial charge in [-0.05, 0) is 18.9 Å². The van der Waals surface area contributed by atoms with Gasteiger partial charge in [0.1, 0.15) is 0 Å². The number of hydrogen-bond donors (Lipinski definition) is 2. The van der Waals surface area contributed by atoms with E-state index in [2.05, 4.69) is 11.2 Å². The topological polar surface area (TPSA) is 49.3 Å². The summed E-state index contributed by atoms with van der Waals surface area (Å²) < 4.78 is 0. The van der Waals surface area contributed by atoms with Gasteiger partial charge >= 0.3 is 6.09 Å². The number of amides is 1. The molecular weight excluding hydrogens is 154 g/mol. The Hall–Kier alpha value is -1.69. The van der Waals surface area contributed by atoms with Crippen molar-refractivity contribution in [3.8, 4) is 12.3 Å². The van der Waals surface area contributed by atoms with Gasteiger partial charge in [0.05, 0.1) is 0 Å². The average Bonchev–Trinajstić information content (AvgIpc) is 2.03. The van der Waals surface area contributed by atoms with Crippen LogP contribution in [0.15, 0.2) is 23.4 Å². The van der Waals surface area contributed by atoms with Crippen molar-refractivity contribution in [1.29, 1.82) is 0 Å². The molecule has 0 radical (unpaired) electrons. The highest BCUT2D eigenvalue weighted by Crippen LogP contribution is 2.14. The van der Waals surface area contributed by atoms with Crippen molar-refractivity contribution < 1.29 is 9.90 Å². The molecule has 0 aromatic carbocycles. The zero-order valence-corrected chi connectivity index (χ0v) is 6.50. The Balaban J connectivity index is 2.68. The van der Waals surface area contributed by atoms with Crippen LogP contribution in [-0.4, -0.2) is 11.2 Å². The molecule has 0 atom stereocenters. The maximum Gasteiger partial charge on any atom is 0.408 e. The number of carbonyl (C=O) groups is 1. The standard InChI is InChI=1S/C9H9NO2/c1-2-7-4-3-5-8(6-7)10-9(11)12/h1,4,6,10H,3,5H2,(H,11,12). The Morgan fingerprint density at radius 3 is 3.08 bits per heavy atom. The molecule has 1 aliphatic carbocycles. The summed E-state index contributed by atoms with van der Waals surface area (Å²) in [4.78, 5) is 10.2. The molecule has 0 aromatic rings. The number of allylic oxidation sites excluding steroid dienone is 4. The highest BCUT2D eigenvalue weighted by molar-refractivity contribution is 5.67. The smallest absolute Gasteiger partial charge is 0.408 e. The lowest BCUT2D eigenvalue weighted by atomic mass is 10.1. The zero-order chi connectivity index (χ0) is 8.97. The molecule has 2 N–H and O–H groups in total. The highest BCUT2D eigenvalue weighted by atomic mass is 16.4. The second-order valence-electron chi connectivity index (χ2n) is 2.44. The maximum absolute atomic E-state index is 10.2. The fourth-order valence-electron chi connectivity index (χ4n) is 1.04. The summed E-state index contributed by atoms with van der Waals surface area (Å²) >= 11 is 0. The van der Waals surface area contributed by atoms with Crippen LogP contribution in [0, 0.1) is 12.3 Å². The number of carboxylic acid groups (broad SMARTS) is 1. The molecule has 0 spiro atoms. The summed E-state index contributed by atoms with van der Waals surface area (Å²) in [6.45, 7) is 0. The van der Waals surface area contributed by atoms with Crippen LogP contribution in [0.3, 0.4) is 0 Å². The lowest BCUT2D eigenvalue weighted by Gasteiger charge is -2.09. The van der Waals surface area contributed by atoms with E-state index in [0.29, 0.717) is 12.1 Å². The minimum Gasteiger partial charge on any atom is -0.465 e. The van der Waals surface area contributed by atoms with Gasteiger partial charge in [-0.2, -0.15) is 0 Å². The van der Waals surface area contributed by atoms with Gasteiger partial charge in [0.25, 0.3) is 0 Å². The van der Waals surface area contributed by atoms with Crippen molar-refractivity contribution in [1.82, 2.24) is 5.32 Å². The van der Waals surface area contributed by atoms with E-state index < -0.39 is 6.09 Å². The minimum atomic E-state index is -1.04. The van der Waals surface area contributed by atoms with Gasteiger partial charge in [0, 0.05) is 11.3 Å². The molecule has 12 heavy (non-hydrogen) atoms. The molecule has 3 nitrogen and oxygen atoms in total. The summed E-state index contributed by atoms with van der Waals surface area (Å²) in [6.07, 6.45) is 9.21. The van der Waals surface area contributed by atoms with Crippen LogP contribution in [0.25, 0.3) is 0 Å². The number of terminal acetylenes is 1. The largest absolute Gasteiger partial charge is 0.465 e. The van der Waals surface area contributed by atoms with E-state index in [9.17, 15) is 4.79 Å². The highest BCUT2D eigenvalue weighted by Gasteiger charge is 2.05. The molecule has 3 heteroatoms.